The van der Waals surface area contributed by atoms with Gasteiger partial charge in [0.15, 0.2) is 12.3 Å². The van der Waals surface area contributed by atoms with E-state index in [1.54, 1.807) is 19.1 Å². The van der Waals surface area contributed by atoms with Gasteiger partial charge in [0.05, 0.1) is 5.41 Å². The summed E-state index contributed by atoms with van der Waals surface area (Å²) < 4.78 is 9.29. The van der Waals surface area contributed by atoms with Crippen LogP contribution in [-0.2, 0) is 35.1 Å². The van der Waals surface area contributed by atoms with E-state index in [2.05, 4.69) is 110 Å². The molecular weight excluding hydrogens is 912 g/mol. The van der Waals surface area contributed by atoms with Gasteiger partial charge in [0.2, 0.25) is 11.6 Å². The zero-order valence-corrected chi connectivity index (χ0v) is 41.1. The SMILES string of the molecule is C=C(C)C(=O)NCCc1ccc(OC2=C(C=CC3=[N+](Cc4ccccc4B(O)O)c4ccccc4C3(C)C)CCCC2=CC=C2N(Cc3ccccc3B(O)O)c3ccccc3C2(C)C)cc1.[Br-]. The Bertz CT molecular complexity index is 2860. The highest BCUT2D eigenvalue weighted by molar-refractivity contribution is 6.59. The number of amides is 1. The maximum Gasteiger partial charge on any atom is 0.488 e. The normalized spacial score (nSPS) is 17.0. The fraction of sp³-hybridized carbons (Fsp3) is 0.250. The zero-order valence-electron chi connectivity index (χ0n) is 39.5. The van der Waals surface area contributed by atoms with E-state index in [0.29, 0.717) is 48.3 Å². The van der Waals surface area contributed by atoms with E-state index in [4.69, 9.17) is 4.74 Å². The van der Waals surface area contributed by atoms with E-state index in [1.807, 2.05) is 72.8 Å². The molecule has 348 valence electrons. The van der Waals surface area contributed by atoms with Gasteiger partial charge in [0, 0.05) is 58.7 Å². The monoisotopic (exact) mass is 971 g/mol. The molecule has 0 fully saturated rings. The van der Waals surface area contributed by atoms with Gasteiger partial charge >= 0.3 is 14.2 Å². The molecule has 0 atom stereocenters. The van der Waals surface area contributed by atoms with Crippen LogP contribution in [0.2, 0.25) is 0 Å². The van der Waals surface area contributed by atoms with Gasteiger partial charge in [-0.1, -0.05) is 124 Å². The lowest BCUT2D eigenvalue weighted by atomic mass is 9.77. The molecule has 68 heavy (non-hydrogen) atoms. The maximum atomic E-state index is 12.1. The van der Waals surface area contributed by atoms with Gasteiger partial charge in [0.1, 0.15) is 11.5 Å². The van der Waals surface area contributed by atoms with Crippen molar-refractivity contribution in [2.45, 2.75) is 84.2 Å². The number of rotatable bonds is 15. The largest absolute Gasteiger partial charge is 1.00 e. The quantitative estimate of drug-likeness (QED) is 0.0584. The molecule has 0 saturated carbocycles. The summed E-state index contributed by atoms with van der Waals surface area (Å²) in [7, 11) is -3.19. The first kappa shape index (κ1) is 49.9. The number of hydrogen-bond acceptors (Lipinski definition) is 7. The smallest absolute Gasteiger partial charge is 0.488 e. The summed E-state index contributed by atoms with van der Waals surface area (Å²) in [4.78, 5) is 14.4. The number of para-hydroxylation sites is 2. The number of ether oxygens (including phenoxy) is 1. The van der Waals surface area contributed by atoms with Crippen LogP contribution in [0.5, 0.6) is 5.75 Å². The van der Waals surface area contributed by atoms with E-state index >= 15 is 0 Å². The van der Waals surface area contributed by atoms with Crippen LogP contribution in [0.15, 0.2) is 180 Å². The summed E-state index contributed by atoms with van der Waals surface area (Å²) in [5.41, 5.74) is 12.3. The van der Waals surface area contributed by atoms with Gasteiger partial charge in [-0.05, 0) is 116 Å². The van der Waals surface area contributed by atoms with Crippen LogP contribution >= 0.6 is 0 Å². The predicted octanol–water partition coefficient (Wildman–Crippen LogP) is 4.74. The lowest BCUT2D eigenvalue weighted by Crippen LogP contribution is -3.00. The van der Waals surface area contributed by atoms with Gasteiger partial charge in [-0.3, -0.25) is 4.79 Å². The number of anilines is 1. The summed E-state index contributed by atoms with van der Waals surface area (Å²) in [6.07, 6.45) is 12.0. The Morgan fingerprint density at radius 2 is 1.38 bits per heavy atom. The van der Waals surface area contributed by atoms with E-state index in [1.165, 1.54) is 11.1 Å². The number of nitrogens with zero attached hydrogens (tertiary/aromatic N) is 2. The molecule has 0 spiro atoms. The first-order valence-corrected chi connectivity index (χ1v) is 23.2. The number of carbonyl (C=O) groups excluding carboxylic acids is 1. The third kappa shape index (κ3) is 10.4. The van der Waals surface area contributed by atoms with Crippen molar-refractivity contribution in [2.75, 3.05) is 11.4 Å². The summed E-state index contributed by atoms with van der Waals surface area (Å²) in [5.74, 6) is 1.34. The highest BCUT2D eigenvalue weighted by Crippen LogP contribution is 2.49. The minimum Gasteiger partial charge on any atom is -1.00 e. The highest BCUT2D eigenvalue weighted by atomic mass is 79.9. The topological polar surface area (TPSA) is 126 Å². The number of halogens is 1. The standard InChI is InChI=1S/C56H59B2N3O6.BrH/c1-38(2)54(62)59-35-34-39-26-30-44(31-27-39)67-53-40(28-32-51-55(3,4)45-20-9-13-24-49(45)60(51)36-42-16-7-11-22-47(42)57(63)64)18-15-19-41(53)29-33-52-56(5,6)46-21-10-14-25-50(46)61(52)37-43-17-8-12-23-48(43)58(65)66;/h7-14,16-17,20-33,63-66H,1,15,18-19,34-37H2,2-6H3;1H. The van der Waals surface area contributed by atoms with Crippen molar-refractivity contribution in [1.29, 1.82) is 0 Å². The van der Waals surface area contributed by atoms with E-state index in [-0.39, 0.29) is 33.7 Å². The van der Waals surface area contributed by atoms with Crippen LogP contribution in [0, 0.1) is 0 Å². The Morgan fingerprint density at radius 3 is 2.07 bits per heavy atom. The van der Waals surface area contributed by atoms with Crippen LogP contribution in [0.1, 0.15) is 81.7 Å². The number of allylic oxidation sites excluding steroid dienone is 7. The molecule has 8 rings (SSSR count). The molecule has 3 aliphatic rings. The third-order valence-electron chi connectivity index (χ3n) is 13.5. The molecule has 9 nitrogen and oxygen atoms in total. The molecule has 2 aliphatic heterocycles. The summed E-state index contributed by atoms with van der Waals surface area (Å²) in [6.45, 7) is 15.8. The van der Waals surface area contributed by atoms with Crippen molar-refractivity contribution in [3.05, 3.63) is 208 Å². The van der Waals surface area contributed by atoms with Gasteiger partial charge in [0.25, 0.3) is 0 Å². The molecular formula is C56H60B2BrN3O6. The average Bonchev–Trinajstić information content (AvgIpc) is 3.66. The Hall–Kier alpha value is -6.01. The fourth-order valence-electron chi connectivity index (χ4n) is 9.85. The lowest BCUT2D eigenvalue weighted by Gasteiger charge is -2.28. The fourth-order valence-corrected chi connectivity index (χ4v) is 9.85. The van der Waals surface area contributed by atoms with Crippen LogP contribution < -0.4 is 42.9 Å². The van der Waals surface area contributed by atoms with Crippen LogP contribution in [0.3, 0.4) is 0 Å². The molecule has 0 unspecified atom stereocenters. The number of benzene rings is 5. The number of fused-ring (bicyclic) bond motifs is 2. The van der Waals surface area contributed by atoms with Gasteiger partial charge in [-0.25, -0.2) is 0 Å². The molecule has 0 radical (unpaired) electrons. The van der Waals surface area contributed by atoms with Crippen LogP contribution in [0.25, 0.3) is 0 Å². The van der Waals surface area contributed by atoms with E-state index < -0.39 is 14.2 Å². The second-order valence-corrected chi connectivity index (χ2v) is 18.8. The highest BCUT2D eigenvalue weighted by Gasteiger charge is 2.45. The van der Waals surface area contributed by atoms with Gasteiger partial charge < -0.3 is 52.0 Å². The van der Waals surface area contributed by atoms with Crippen LogP contribution in [-0.4, -0.2) is 57.1 Å². The maximum absolute atomic E-state index is 12.1. The van der Waals surface area contributed by atoms with Crippen molar-refractivity contribution in [3.8, 4) is 5.75 Å². The number of nitrogens with one attached hydrogen (secondary N) is 1. The van der Waals surface area contributed by atoms with Crippen molar-refractivity contribution < 1.29 is 51.2 Å². The van der Waals surface area contributed by atoms with Gasteiger partial charge in [-0.15, -0.1) is 0 Å². The van der Waals surface area contributed by atoms with Gasteiger partial charge in [-0.2, -0.15) is 4.58 Å². The molecule has 5 aromatic carbocycles. The number of carbonyl (C=O) groups is 1. The minimum atomic E-state index is -1.59. The molecule has 1 aliphatic carbocycles. The predicted molar refractivity (Wildman–Crippen MR) is 271 cm³/mol. The summed E-state index contributed by atoms with van der Waals surface area (Å²) in [6, 6.07) is 39.8. The van der Waals surface area contributed by atoms with Crippen LogP contribution in [0.4, 0.5) is 11.4 Å². The second kappa shape index (κ2) is 21.1. The molecule has 5 N–H and O–H groups in total. The molecule has 2 heterocycles. The molecule has 1 amide bonds. The first-order chi connectivity index (χ1) is 32.1. The third-order valence-corrected chi connectivity index (χ3v) is 13.5. The van der Waals surface area contributed by atoms with Crippen molar-refractivity contribution in [2.24, 2.45) is 0 Å². The average molecular weight is 973 g/mol. The molecule has 0 bridgehead atoms. The summed E-state index contributed by atoms with van der Waals surface area (Å²) >= 11 is 0. The second-order valence-electron chi connectivity index (χ2n) is 18.8. The summed E-state index contributed by atoms with van der Waals surface area (Å²) in [5, 5.41) is 44.2. The van der Waals surface area contributed by atoms with E-state index in [9.17, 15) is 24.9 Å². The van der Waals surface area contributed by atoms with Crippen molar-refractivity contribution in [1.82, 2.24) is 5.32 Å². The number of hydrogen-bond donors (Lipinski definition) is 5. The Labute approximate surface area is 412 Å². The minimum absolute atomic E-state index is 0. The van der Waals surface area contributed by atoms with Crippen molar-refractivity contribution >= 4 is 48.2 Å². The molecule has 0 aromatic heterocycles. The van der Waals surface area contributed by atoms with Crippen molar-refractivity contribution in [3.63, 3.8) is 0 Å². The van der Waals surface area contributed by atoms with E-state index in [0.717, 1.165) is 75.6 Å². The Balaban J connectivity index is 0.00000684. The molecule has 12 heteroatoms. The first-order valence-electron chi connectivity index (χ1n) is 23.2. The molecule has 5 aromatic rings. The Morgan fingerprint density at radius 1 is 0.765 bits per heavy atom. The zero-order chi connectivity index (χ0) is 47.5. The molecule has 0 saturated heterocycles. The lowest BCUT2D eigenvalue weighted by molar-refractivity contribution is -0.454. The Kier molecular flexibility index (Phi) is 15.5.